The third-order valence-electron chi connectivity index (χ3n) is 2.75. The third-order valence-corrected chi connectivity index (χ3v) is 2.75. The molecule has 0 spiro atoms. The quantitative estimate of drug-likeness (QED) is 0.621. The van der Waals surface area contributed by atoms with Crippen LogP contribution in [0.5, 0.6) is 0 Å². The van der Waals surface area contributed by atoms with Gasteiger partial charge in [0.25, 0.3) is 0 Å². The van der Waals surface area contributed by atoms with E-state index in [1.807, 2.05) is 36.4 Å². The molecule has 4 N–H and O–H groups in total. The lowest BCUT2D eigenvalue weighted by molar-refractivity contribution is 1.28. The third kappa shape index (κ3) is 2.31. The average molecular weight is 224 g/mol. The zero-order chi connectivity index (χ0) is 12.3. The SMILES string of the molecule is C=CCc1ccccc1-c1cc(N)ccc1N. The number of nitrogens with two attached hydrogens (primary N) is 2. The van der Waals surface area contributed by atoms with Crippen LogP contribution in [0.3, 0.4) is 0 Å². The summed E-state index contributed by atoms with van der Waals surface area (Å²) in [6.45, 7) is 3.77. The Bertz CT molecular complexity index is 544. The summed E-state index contributed by atoms with van der Waals surface area (Å²) in [6.07, 6.45) is 2.71. The molecule has 2 rings (SSSR count). The fourth-order valence-electron chi connectivity index (χ4n) is 1.92. The molecule has 0 aliphatic heterocycles. The highest BCUT2D eigenvalue weighted by Gasteiger charge is 2.07. The first-order valence-corrected chi connectivity index (χ1v) is 5.56. The number of hydrogen-bond donors (Lipinski definition) is 2. The Hall–Kier alpha value is -2.22. The highest BCUT2D eigenvalue weighted by molar-refractivity contribution is 5.81. The van der Waals surface area contributed by atoms with Gasteiger partial charge in [0.05, 0.1) is 0 Å². The molecule has 86 valence electrons. The molecule has 0 fully saturated rings. The van der Waals surface area contributed by atoms with Crippen molar-refractivity contribution in [2.75, 3.05) is 11.5 Å². The van der Waals surface area contributed by atoms with E-state index in [9.17, 15) is 0 Å². The predicted octanol–water partition coefficient (Wildman–Crippen LogP) is 3.25. The van der Waals surface area contributed by atoms with E-state index >= 15 is 0 Å². The van der Waals surface area contributed by atoms with Crippen molar-refractivity contribution in [1.29, 1.82) is 0 Å². The molecule has 0 aromatic heterocycles. The molecule has 2 heteroatoms. The summed E-state index contributed by atoms with van der Waals surface area (Å²) in [4.78, 5) is 0. The molecule has 2 aromatic rings. The van der Waals surface area contributed by atoms with Crippen LogP contribution in [0.15, 0.2) is 55.1 Å². The van der Waals surface area contributed by atoms with Crippen molar-refractivity contribution in [2.24, 2.45) is 0 Å². The highest BCUT2D eigenvalue weighted by Crippen LogP contribution is 2.30. The maximum atomic E-state index is 6.01. The van der Waals surface area contributed by atoms with E-state index < -0.39 is 0 Å². The monoisotopic (exact) mass is 224 g/mol. The van der Waals surface area contributed by atoms with Crippen LogP contribution in [0.1, 0.15) is 5.56 Å². The molecule has 2 nitrogen and oxygen atoms in total. The minimum Gasteiger partial charge on any atom is -0.399 e. The first-order chi connectivity index (χ1) is 8.22. The number of rotatable bonds is 3. The van der Waals surface area contributed by atoms with Crippen molar-refractivity contribution in [1.82, 2.24) is 0 Å². The molecule has 0 aliphatic rings. The molecule has 0 radical (unpaired) electrons. The van der Waals surface area contributed by atoms with E-state index in [4.69, 9.17) is 11.5 Å². The maximum absolute atomic E-state index is 6.01. The van der Waals surface area contributed by atoms with E-state index in [0.29, 0.717) is 0 Å². The van der Waals surface area contributed by atoms with Crippen molar-refractivity contribution < 1.29 is 0 Å². The number of benzene rings is 2. The first-order valence-electron chi connectivity index (χ1n) is 5.56. The Balaban J connectivity index is 2.59. The molecule has 0 saturated carbocycles. The Morgan fingerprint density at radius 2 is 1.76 bits per heavy atom. The second-order valence-electron chi connectivity index (χ2n) is 4.00. The summed E-state index contributed by atoms with van der Waals surface area (Å²) in [6, 6.07) is 13.7. The van der Waals surface area contributed by atoms with Gasteiger partial charge in [-0.3, -0.25) is 0 Å². The Labute approximate surface area is 102 Å². The largest absolute Gasteiger partial charge is 0.399 e. The smallest absolute Gasteiger partial charge is 0.0395 e. The van der Waals surface area contributed by atoms with Gasteiger partial charge < -0.3 is 11.5 Å². The van der Waals surface area contributed by atoms with Gasteiger partial charge in [0.15, 0.2) is 0 Å². The Morgan fingerprint density at radius 1 is 1.00 bits per heavy atom. The molecule has 0 heterocycles. The van der Waals surface area contributed by atoms with Gasteiger partial charge in [0, 0.05) is 16.9 Å². The zero-order valence-corrected chi connectivity index (χ0v) is 9.69. The van der Waals surface area contributed by atoms with Crippen LogP contribution < -0.4 is 11.5 Å². The van der Waals surface area contributed by atoms with Crippen molar-refractivity contribution in [2.45, 2.75) is 6.42 Å². The fraction of sp³-hybridized carbons (Fsp3) is 0.0667. The molecule has 17 heavy (non-hydrogen) atoms. The van der Waals surface area contributed by atoms with Crippen LogP contribution in [-0.4, -0.2) is 0 Å². The minimum atomic E-state index is 0.725. The molecule has 0 aliphatic carbocycles. The second-order valence-corrected chi connectivity index (χ2v) is 4.00. The van der Waals surface area contributed by atoms with Crippen LogP contribution in [0.25, 0.3) is 11.1 Å². The number of hydrogen-bond acceptors (Lipinski definition) is 2. The summed E-state index contributed by atoms with van der Waals surface area (Å²) in [7, 11) is 0. The van der Waals surface area contributed by atoms with Gasteiger partial charge in [0.1, 0.15) is 0 Å². The lowest BCUT2D eigenvalue weighted by Crippen LogP contribution is -1.95. The number of nitrogen functional groups attached to an aromatic ring is 2. The fourth-order valence-corrected chi connectivity index (χ4v) is 1.92. The molecule has 0 unspecified atom stereocenters. The van der Waals surface area contributed by atoms with Crippen molar-refractivity contribution in [3.8, 4) is 11.1 Å². The maximum Gasteiger partial charge on any atom is 0.0395 e. The Kier molecular flexibility index (Phi) is 3.15. The summed E-state index contributed by atoms with van der Waals surface area (Å²) >= 11 is 0. The molecule has 0 saturated heterocycles. The summed E-state index contributed by atoms with van der Waals surface area (Å²) in [5.41, 5.74) is 16.6. The van der Waals surface area contributed by atoms with Gasteiger partial charge in [-0.05, 0) is 35.7 Å². The summed E-state index contributed by atoms with van der Waals surface area (Å²) < 4.78 is 0. The predicted molar refractivity (Wildman–Crippen MR) is 74.6 cm³/mol. The van der Waals surface area contributed by atoms with E-state index in [-0.39, 0.29) is 0 Å². The molecule has 0 atom stereocenters. The van der Waals surface area contributed by atoms with Gasteiger partial charge in [-0.25, -0.2) is 0 Å². The molecule has 0 bridgehead atoms. The molecular weight excluding hydrogens is 208 g/mol. The van der Waals surface area contributed by atoms with E-state index in [1.54, 1.807) is 0 Å². The Morgan fingerprint density at radius 3 is 2.53 bits per heavy atom. The topological polar surface area (TPSA) is 52.0 Å². The van der Waals surface area contributed by atoms with E-state index in [1.165, 1.54) is 5.56 Å². The standard InChI is InChI=1S/C15H16N2/c1-2-5-11-6-3-4-7-13(11)14-10-12(16)8-9-15(14)17/h2-4,6-10H,1,5,16-17H2. The molecule has 0 amide bonds. The molecule has 2 aromatic carbocycles. The van der Waals surface area contributed by atoms with Crippen LogP contribution >= 0.6 is 0 Å². The summed E-state index contributed by atoms with van der Waals surface area (Å²) in [5.74, 6) is 0. The van der Waals surface area contributed by atoms with Crippen molar-refractivity contribution in [3.05, 3.63) is 60.7 Å². The summed E-state index contributed by atoms with van der Waals surface area (Å²) in [5, 5.41) is 0. The van der Waals surface area contributed by atoms with E-state index in [2.05, 4.69) is 18.7 Å². The van der Waals surface area contributed by atoms with Crippen LogP contribution in [0.2, 0.25) is 0 Å². The van der Waals surface area contributed by atoms with Crippen molar-refractivity contribution in [3.63, 3.8) is 0 Å². The van der Waals surface area contributed by atoms with Gasteiger partial charge >= 0.3 is 0 Å². The van der Waals surface area contributed by atoms with Gasteiger partial charge in [-0.2, -0.15) is 0 Å². The van der Waals surface area contributed by atoms with Crippen LogP contribution in [-0.2, 0) is 6.42 Å². The minimum absolute atomic E-state index is 0.725. The highest BCUT2D eigenvalue weighted by atomic mass is 14.6. The average Bonchev–Trinajstić information content (AvgIpc) is 2.34. The lowest BCUT2D eigenvalue weighted by Gasteiger charge is -2.11. The normalized spacial score (nSPS) is 10.1. The zero-order valence-electron chi connectivity index (χ0n) is 9.69. The van der Waals surface area contributed by atoms with Crippen molar-refractivity contribution >= 4 is 11.4 Å². The second kappa shape index (κ2) is 4.74. The van der Waals surface area contributed by atoms with E-state index in [0.717, 1.165) is 28.9 Å². The van der Waals surface area contributed by atoms with Gasteiger partial charge in [-0.1, -0.05) is 30.3 Å². The molecular formula is C15H16N2. The van der Waals surface area contributed by atoms with Crippen LogP contribution in [0.4, 0.5) is 11.4 Å². The van der Waals surface area contributed by atoms with Crippen LogP contribution in [0, 0.1) is 0 Å². The number of anilines is 2. The lowest BCUT2D eigenvalue weighted by atomic mass is 9.96. The van der Waals surface area contributed by atoms with Gasteiger partial charge in [-0.15, -0.1) is 6.58 Å². The number of allylic oxidation sites excluding steroid dienone is 1. The van der Waals surface area contributed by atoms with Gasteiger partial charge in [0.2, 0.25) is 0 Å². The first kappa shape index (κ1) is 11.3.